The molecule has 1 aliphatic carbocycles. The van der Waals surface area contributed by atoms with Gasteiger partial charge in [0, 0.05) is 19.6 Å². The van der Waals surface area contributed by atoms with E-state index in [0.29, 0.717) is 5.41 Å². The first kappa shape index (κ1) is 18.5. The van der Waals surface area contributed by atoms with E-state index < -0.39 is 11.6 Å². The first-order valence-electron chi connectivity index (χ1n) is 9.06. The van der Waals surface area contributed by atoms with E-state index >= 15 is 0 Å². The van der Waals surface area contributed by atoms with Crippen LogP contribution in [0.5, 0.6) is 0 Å². The predicted molar refractivity (Wildman–Crippen MR) is 94.4 cm³/mol. The lowest BCUT2D eigenvalue weighted by molar-refractivity contribution is -0.140. The normalized spacial score (nSPS) is 31.2. The third kappa shape index (κ3) is 3.12. The highest BCUT2D eigenvalue weighted by molar-refractivity contribution is 6.09. The first-order chi connectivity index (χ1) is 11.4. The van der Waals surface area contributed by atoms with E-state index in [4.69, 9.17) is 0 Å². The zero-order valence-corrected chi connectivity index (χ0v) is 15.5. The Morgan fingerprint density at radius 2 is 1.88 bits per heavy atom. The number of nitrogens with zero attached hydrogens (tertiary/aromatic N) is 2. The molecule has 3 saturated heterocycles. The number of imide groups is 1. The number of piperidine rings is 1. The number of halogens is 1. The van der Waals surface area contributed by atoms with Crippen molar-refractivity contribution in [2.75, 3.05) is 32.7 Å². The molecular weight excluding hydrogens is 344 g/mol. The fourth-order valence-corrected chi connectivity index (χ4v) is 4.48. The molecule has 2 N–H and O–H groups in total. The average molecular weight is 371 g/mol. The Balaban J connectivity index is 0.00000182. The molecule has 140 valence electrons. The number of hydrogen-bond acceptors (Lipinski definition) is 4. The highest BCUT2D eigenvalue weighted by atomic mass is 35.5. The van der Waals surface area contributed by atoms with E-state index in [9.17, 15) is 14.4 Å². The predicted octanol–water partition coefficient (Wildman–Crippen LogP) is 0.731. The molecule has 3 aliphatic heterocycles. The van der Waals surface area contributed by atoms with Crippen LogP contribution in [0.2, 0.25) is 0 Å². The second kappa shape index (κ2) is 6.43. The molecule has 1 saturated carbocycles. The van der Waals surface area contributed by atoms with Crippen LogP contribution in [0.15, 0.2) is 0 Å². The number of likely N-dealkylation sites (tertiary alicyclic amines) is 1. The number of carbonyl (C=O) groups is 3. The summed E-state index contributed by atoms with van der Waals surface area (Å²) in [6, 6.07) is -0.420. The van der Waals surface area contributed by atoms with Gasteiger partial charge in [0.05, 0.1) is 0 Å². The van der Waals surface area contributed by atoms with Gasteiger partial charge in [-0.2, -0.15) is 0 Å². The molecule has 1 spiro atoms. The first-order valence-corrected chi connectivity index (χ1v) is 9.06. The maximum absolute atomic E-state index is 12.6. The summed E-state index contributed by atoms with van der Waals surface area (Å²) < 4.78 is 0. The van der Waals surface area contributed by atoms with Crippen LogP contribution < -0.4 is 10.6 Å². The molecule has 0 radical (unpaired) electrons. The van der Waals surface area contributed by atoms with E-state index in [1.807, 2.05) is 4.90 Å². The van der Waals surface area contributed by atoms with Crippen LogP contribution >= 0.6 is 12.4 Å². The molecule has 0 aromatic rings. The van der Waals surface area contributed by atoms with Crippen molar-refractivity contribution in [2.45, 2.75) is 44.6 Å². The summed E-state index contributed by atoms with van der Waals surface area (Å²) in [5.41, 5.74) is -0.457. The van der Waals surface area contributed by atoms with E-state index in [1.165, 1.54) is 6.42 Å². The summed E-state index contributed by atoms with van der Waals surface area (Å²) >= 11 is 0. The van der Waals surface area contributed by atoms with Gasteiger partial charge in [0.1, 0.15) is 12.1 Å². The van der Waals surface area contributed by atoms with Gasteiger partial charge in [0.25, 0.3) is 5.91 Å². The molecule has 0 aromatic heterocycles. The highest BCUT2D eigenvalue weighted by Crippen LogP contribution is 2.42. The number of nitrogens with one attached hydrogen (secondary N) is 2. The Morgan fingerprint density at radius 3 is 2.44 bits per heavy atom. The lowest BCUT2D eigenvalue weighted by atomic mass is 9.78. The molecule has 0 bridgehead atoms. The van der Waals surface area contributed by atoms with Gasteiger partial charge >= 0.3 is 6.03 Å². The maximum Gasteiger partial charge on any atom is 0.325 e. The SMILES string of the molecule is CC1(C2CC2)NC(=O)N(CC(=O)N2CCC3(CCNC3)CC2)C1=O.Cl. The van der Waals surface area contributed by atoms with Gasteiger partial charge in [0.15, 0.2) is 0 Å². The van der Waals surface area contributed by atoms with Crippen molar-refractivity contribution in [3.63, 3.8) is 0 Å². The van der Waals surface area contributed by atoms with Gasteiger partial charge in [0.2, 0.25) is 5.91 Å². The van der Waals surface area contributed by atoms with Crippen LogP contribution in [0.3, 0.4) is 0 Å². The number of rotatable bonds is 3. The fourth-order valence-electron chi connectivity index (χ4n) is 4.48. The third-order valence-electron chi connectivity index (χ3n) is 6.50. The van der Waals surface area contributed by atoms with Crippen molar-refractivity contribution >= 4 is 30.3 Å². The van der Waals surface area contributed by atoms with Crippen molar-refractivity contribution < 1.29 is 14.4 Å². The standard InChI is InChI=1S/C17H26N4O3.ClH/c1-16(12-2-3-12)14(23)21(15(24)19-16)10-13(22)20-8-5-17(6-9-20)4-7-18-11-17;/h12,18H,2-11H2,1H3,(H,19,24);1H. The van der Waals surface area contributed by atoms with E-state index in [0.717, 1.165) is 56.8 Å². The van der Waals surface area contributed by atoms with Gasteiger partial charge < -0.3 is 15.5 Å². The largest absolute Gasteiger partial charge is 0.341 e. The van der Waals surface area contributed by atoms with E-state index in [2.05, 4.69) is 10.6 Å². The summed E-state index contributed by atoms with van der Waals surface area (Å²) in [4.78, 5) is 40.3. The van der Waals surface area contributed by atoms with E-state index in [1.54, 1.807) is 6.92 Å². The minimum atomic E-state index is -0.807. The molecule has 4 aliphatic rings. The summed E-state index contributed by atoms with van der Waals surface area (Å²) in [7, 11) is 0. The number of carbonyl (C=O) groups excluding carboxylic acids is 3. The topological polar surface area (TPSA) is 81.8 Å². The average Bonchev–Trinajstić information content (AvgIpc) is 3.30. The molecule has 4 amide bonds. The molecule has 25 heavy (non-hydrogen) atoms. The summed E-state index contributed by atoms with van der Waals surface area (Å²) in [6.07, 6.45) is 5.12. The molecular formula is C17H27ClN4O3. The minimum absolute atomic E-state index is 0. The molecule has 3 heterocycles. The number of hydrogen-bond donors (Lipinski definition) is 2. The molecule has 8 heteroatoms. The lowest BCUT2D eigenvalue weighted by Gasteiger charge is -2.39. The lowest BCUT2D eigenvalue weighted by Crippen LogP contribution is -2.49. The molecule has 1 unspecified atom stereocenters. The molecule has 0 aromatic carbocycles. The summed E-state index contributed by atoms with van der Waals surface area (Å²) in [6.45, 7) is 5.22. The van der Waals surface area contributed by atoms with Crippen LogP contribution in [0.4, 0.5) is 4.79 Å². The Hall–Kier alpha value is -1.34. The number of urea groups is 1. The smallest absolute Gasteiger partial charge is 0.325 e. The fraction of sp³-hybridized carbons (Fsp3) is 0.824. The second-order valence-electron chi connectivity index (χ2n) is 8.11. The second-order valence-corrected chi connectivity index (χ2v) is 8.11. The Bertz CT molecular complexity index is 578. The van der Waals surface area contributed by atoms with Crippen LogP contribution in [0, 0.1) is 11.3 Å². The van der Waals surface area contributed by atoms with Crippen molar-refractivity contribution in [3.8, 4) is 0 Å². The van der Waals surface area contributed by atoms with E-state index in [-0.39, 0.29) is 36.7 Å². The van der Waals surface area contributed by atoms with Crippen LogP contribution in [-0.4, -0.2) is 65.9 Å². The van der Waals surface area contributed by atoms with Gasteiger partial charge in [-0.1, -0.05) is 0 Å². The molecule has 4 fully saturated rings. The van der Waals surface area contributed by atoms with Crippen LogP contribution in [-0.2, 0) is 9.59 Å². The van der Waals surface area contributed by atoms with Gasteiger partial charge in [-0.05, 0) is 56.9 Å². The Morgan fingerprint density at radius 1 is 1.20 bits per heavy atom. The van der Waals surface area contributed by atoms with Crippen LogP contribution in [0.1, 0.15) is 39.0 Å². The van der Waals surface area contributed by atoms with Crippen molar-refractivity contribution in [1.82, 2.24) is 20.4 Å². The van der Waals surface area contributed by atoms with Gasteiger partial charge in [-0.15, -0.1) is 12.4 Å². The number of amides is 4. The quantitative estimate of drug-likeness (QED) is 0.718. The van der Waals surface area contributed by atoms with Crippen molar-refractivity contribution in [3.05, 3.63) is 0 Å². The maximum atomic E-state index is 12.6. The Kier molecular flexibility index (Phi) is 4.75. The summed E-state index contributed by atoms with van der Waals surface area (Å²) in [5, 5.41) is 6.21. The highest BCUT2D eigenvalue weighted by Gasteiger charge is 2.56. The monoisotopic (exact) mass is 370 g/mol. The third-order valence-corrected chi connectivity index (χ3v) is 6.50. The van der Waals surface area contributed by atoms with Gasteiger partial charge in [-0.3, -0.25) is 14.5 Å². The minimum Gasteiger partial charge on any atom is -0.341 e. The Labute approximate surface area is 154 Å². The zero-order valence-electron chi connectivity index (χ0n) is 14.7. The van der Waals surface area contributed by atoms with Gasteiger partial charge in [-0.25, -0.2) is 4.79 Å². The van der Waals surface area contributed by atoms with Crippen LogP contribution in [0.25, 0.3) is 0 Å². The molecule has 7 nitrogen and oxygen atoms in total. The van der Waals surface area contributed by atoms with Crippen molar-refractivity contribution in [2.24, 2.45) is 11.3 Å². The zero-order chi connectivity index (χ0) is 16.9. The molecule has 4 rings (SSSR count). The summed E-state index contributed by atoms with van der Waals surface area (Å²) in [5.74, 6) is -0.130. The van der Waals surface area contributed by atoms with Crippen molar-refractivity contribution in [1.29, 1.82) is 0 Å². The molecule has 1 atom stereocenters.